The van der Waals surface area contributed by atoms with E-state index in [1.54, 1.807) is 42.5 Å². The maximum atomic E-state index is 13.5. The molecular weight excluding hydrogens is 653 g/mol. The van der Waals surface area contributed by atoms with Gasteiger partial charge in [-0.05, 0) is 42.3 Å². The van der Waals surface area contributed by atoms with E-state index in [-0.39, 0.29) is 30.3 Å². The van der Waals surface area contributed by atoms with Crippen molar-refractivity contribution in [1.29, 1.82) is 0 Å². The topological polar surface area (TPSA) is 180 Å². The summed E-state index contributed by atoms with van der Waals surface area (Å²) in [6, 6.07) is 25.5. The lowest BCUT2D eigenvalue weighted by Gasteiger charge is -2.17. The van der Waals surface area contributed by atoms with E-state index in [0.717, 1.165) is 40.6 Å². The maximum Gasteiger partial charge on any atom is 0.430 e. The number of halogens is 3. The quantitative estimate of drug-likeness (QED) is 0.0668. The fourth-order valence-corrected chi connectivity index (χ4v) is 5.10. The van der Waals surface area contributed by atoms with Crippen LogP contribution in [-0.2, 0) is 16.1 Å². The molecule has 0 radical (unpaired) electrons. The van der Waals surface area contributed by atoms with Gasteiger partial charge in [0, 0.05) is 64.8 Å². The summed E-state index contributed by atoms with van der Waals surface area (Å²) in [5, 5.41) is 22.2. The number of carboxylic acids is 1. The van der Waals surface area contributed by atoms with Crippen molar-refractivity contribution in [2.75, 3.05) is 18.8 Å². The lowest BCUT2D eigenvalue weighted by molar-refractivity contribution is -0.344. The Kier molecular flexibility index (Phi) is 12.2. The monoisotopic (exact) mass is 688 g/mol. The molecule has 1 heterocycles. The van der Waals surface area contributed by atoms with Crippen LogP contribution in [0.2, 0.25) is 0 Å². The SMILES string of the molecule is CCCNCC(=O)c1ccc(CNC(=O)CCC(=O)c2ccccc2-c2c3ccc(=[NH2+])cc-3oc3cc(N)ccc23)cc1.O=C([O-])C(F)(F)F. The highest BCUT2D eigenvalue weighted by molar-refractivity contribution is 6.10. The highest BCUT2D eigenvalue weighted by Crippen LogP contribution is 2.41. The lowest BCUT2D eigenvalue weighted by Crippen LogP contribution is -2.44. The zero-order valence-corrected chi connectivity index (χ0v) is 27.1. The number of benzene rings is 4. The molecule has 10 nitrogen and oxygen atoms in total. The Labute approximate surface area is 285 Å². The molecule has 0 saturated heterocycles. The predicted octanol–water partition coefficient (Wildman–Crippen LogP) is 3.21. The number of hydrogen-bond donors (Lipinski definition) is 4. The molecule has 5 rings (SSSR count). The third-order valence-electron chi connectivity index (χ3n) is 7.56. The van der Waals surface area contributed by atoms with Gasteiger partial charge >= 0.3 is 6.18 Å². The molecule has 0 fully saturated rings. The van der Waals surface area contributed by atoms with Gasteiger partial charge in [0.25, 0.3) is 0 Å². The minimum Gasteiger partial charge on any atom is -0.542 e. The van der Waals surface area contributed by atoms with Crippen LogP contribution in [0.3, 0.4) is 0 Å². The van der Waals surface area contributed by atoms with Crippen molar-refractivity contribution >= 4 is 40.1 Å². The number of ketones is 2. The first-order valence-electron chi connectivity index (χ1n) is 15.6. The van der Waals surface area contributed by atoms with Gasteiger partial charge < -0.3 is 30.7 Å². The third kappa shape index (κ3) is 9.63. The molecule has 50 heavy (non-hydrogen) atoms. The average Bonchev–Trinajstić information content (AvgIpc) is 3.08. The molecule has 0 bridgehead atoms. The van der Waals surface area contributed by atoms with E-state index >= 15 is 0 Å². The second-order valence-corrected chi connectivity index (χ2v) is 11.3. The van der Waals surface area contributed by atoms with Gasteiger partial charge in [0.2, 0.25) is 5.91 Å². The van der Waals surface area contributed by atoms with Crippen molar-refractivity contribution < 1.29 is 47.3 Å². The van der Waals surface area contributed by atoms with E-state index in [1.165, 1.54) is 0 Å². The highest BCUT2D eigenvalue weighted by atomic mass is 19.4. The number of aliphatic carboxylic acids is 1. The lowest BCUT2D eigenvalue weighted by atomic mass is 9.89. The Hall–Kier alpha value is -5.82. The first kappa shape index (κ1) is 37.0. The first-order chi connectivity index (χ1) is 23.8. The summed E-state index contributed by atoms with van der Waals surface area (Å²) in [7, 11) is 0. The van der Waals surface area contributed by atoms with Crippen LogP contribution < -0.4 is 32.2 Å². The Morgan fingerprint density at radius 3 is 2.26 bits per heavy atom. The third-order valence-corrected chi connectivity index (χ3v) is 7.56. The molecule has 6 N–H and O–H groups in total. The Morgan fingerprint density at radius 1 is 0.880 bits per heavy atom. The van der Waals surface area contributed by atoms with E-state index in [0.29, 0.717) is 46.6 Å². The van der Waals surface area contributed by atoms with Crippen LogP contribution in [0.1, 0.15) is 52.5 Å². The Balaban J connectivity index is 0.000000727. The van der Waals surface area contributed by atoms with Crippen LogP contribution in [0.4, 0.5) is 18.9 Å². The van der Waals surface area contributed by atoms with Crippen LogP contribution in [0.15, 0.2) is 89.3 Å². The maximum absolute atomic E-state index is 13.5. The van der Waals surface area contributed by atoms with Gasteiger partial charge in [-0.25, -0.2) is 0 Å². The van der Waals surface area contributed by atoms with Crippen molar-refractivity contribution in [3.8, 4) is 22.5 Å². The number of amides is 1. The van der Waals surface area contributed by atoms with Crippen molar-refractivity contribution in [1.82, 2.24) is 10.6 Å². The number of hydrogen-bond acceptors (Lipinski definition) is 8. The largest absolute Gasteiger partial charge is 0.542 e. The first-order valence-corrected chi connectivity index (χ1v) is 15.6. The number of carboxylic acid groups (broad SMARTS) is 1. The number of carbonyl (C=O) groups excluding carboxylic acids is 4. The summed E-state index contributed by atoms with van der Waals surface area (Å²) in [6.07, 6.45) is -4.13. The molecule has 13 heteroatoms. The second kappa shape index (κ2) is 16.5. The number of anilines is 1. The molecule has 1 aliphatic carbocycles. The normalized spacial score (nSPS) is 11.1. The van der Waals surface area contributed by atoms with Crippen LogP contribution >= 0.6 is 0 Å². The molecule has 0 unspecified atom stereocenters. The molecule has 0 saturated carbocycles. The van der Waals surface area contributed by atoms with Gasteiger partial charge in [-0.1, -0.05) is 55.5 Å². The van der Waals surface area contributed by atoms with Gasteiger partial charge in [0.15, 0.2) is 16.9 Å². The van der Waals surface area contributed by atoms with Gasteiger partial charge in [-0.2, -0.15) is 13.2 Å². The number of rotatable bonds is 12. The Morgan fingerprint density at radius 2 is 1.58 bits per heavy atom. The summed E-state index contributed by atoms with van der Waals surface area (Å²) in [5.41, 5.74) is 11.6. The number of nitrogens with two attached hydrogens (primary N) is 2. The molecule has 0 aromatic heterocycles. The van der Waals surface area contributed by atoms with E-state index in [2.05, 4.69) is 17.6 Å². The average molecular weight is 689 g/mol. The number of fused-ring (bicyclic) bond motifs is 2. The number of carbonyl (C=O) groups is 4. The van der Waals surface area contributed by atoms with E-state index in [4.69, 9.17) is 25.5 Å². The molecule has 2 aliphatic rings. The summed E-state index contributed by atoms with van der Waals surface area (Å²) in [5.74, 6) is -2.76. The summed E-state index contributed by atoms with van der Waals surface area (Å²) in [4.78, 5) is 47.2. The van der Waals surface area contributed by atoms with E-state index < -0.39 is 12.1 Å². The minimum absolute atomic E-state index is 0.0296. The molecule has 1 aliphatic heterocycles. The van der Waals surface area contributed by atoms with Gasteiger partial charge in [0.05, 0.1) is 12.6 Å². The van der Waals surface area contributed by atoms with Crippen molar-refractivity contribution in [3.63, 3.8) is 0 Å². The summed E-state index contributed by atoms with van der Waals surface area (Å²) < 4.78 is 37.7. The number of nitrogens with one attached hydrogen (secondary N) is 2. The Bertz CT molecular complexity index is 2040. The van der Waals surface area contributed by atoms with Crippen LogP contribution in [0, 0.1) is 0 Å². The van der Waals surface area contributed by atoms with Gasteiger partial charge in [-0.3, -0.25) is 19.8 Å². The molecule has 3 aromatic rings. The van der Waals surface area contributed by atoms with Crippen molar-refractivity contribution in [2.24, 2.45) is 0 Å². The molecule has 260 valence electrons. The zero-order valence-electron chi connectivity index (χ0n) is 27.1. The predicted molar refractivity (Wildman–Crippen MR) is 178 cm³/mol. The number of Topliss-reactive ketones (excluding diaryl/α,β-unsaturated/α-hetero) is 2. The summed E-state index contributed by atoms with van der Waals surface area (Å²) in [6.45, 7) is 3.46. The minimum atomic E-state index is -5.19. The molecular formula is C37H35F3N4O6. The molecule has 0 spiro atoms. The van der Waals surface area contributed by atoms with Crippen LogP contribution in [0.25, 0.3) is 33.4 Å². The fourth-order valence-electron chi connectivity index (χ4n) is 5.10. The van der Waals surface area contributed by atoms with E-state index in [1.807, 2.05) is 42.5 Å². The van der Waals surface area contributed by atoms with Gasteiger partial charge in [0.1, 0.15) is 17.3 Å². The van der Waals surface area contributed by atoms with Crippen LogP contribution in [-0.4, -0.2) is 42.7 Å². The standard InChI is InChI=1S/C35H34N4O4.C2HF3O2/c1-2-17-38-21-31(41)23-9-7-22(8-10-23)20-39-34(42)16-15-30(40)26-5-3-4-6-27(26)35-28-13-11-24(36)18-32(28)43-33-19-25(37)12-14-29(33)35;3-2(4,5)1(6)7/h3-14,18-19,36,38H,2,15-17,20-21,37H2,1H3,(H,39,42);(H,6,7). The van der Waals surface area contributed by atoms with E-state index in [9.17, 15) is 27.6 Å². The molecule has 1 amide bonds. The molecule has 3 aromatic carbocycles. The van der Waals surface area contributed by atoms with Crippen molar-refractivity contribution in [3.05, 3.63) is 107 Å². The fraction of sp³-hybridized carbons (Fsp3) is 0.216. The molecule has 0 atom stereocenters. The highest BCUT2D eigenvalue weighted by Gasteiger charge is 2.29. The second-order valence-electron chi connectivity index (χ2n) is 11.3. The van der Waals surface area contributed by atoms with Gasteiger partial charge in [-0.15, -0.1) is 0 Å². The summed E-state index contributed by atoms with van der Waals surface area (Å²) >= 11 is 0. The zero-order chi connectivity index (χ0) is 36.4. The van der Waals surface area contributed by atoms with Crippen LogP contribution in [0.5, 0.6) is 0 Å². The smallest absolute Gasteiger partial charge is 0.430 e. The van der Waals surface area contributed by atoms with Crippen molar-refractivity contribution in [2.45, 2.75) is 38.9 Å². The number of alkyl halides is 3. The number of nitrogen functional groups attached to an aromatic ring is 1.